The van der Waals surface area contributed by atoms with Crippen LogP contribution in [0.1, 0.15) is 6.42 Å². The third kappa shape index (κ3) is 4.47. The van der Waals surface area contributed by atoms with E-state index in [9.17, 15) is 4.79 Å². The molecule has 0 aromatic heterocycles. The van der Waals surface area contributed by atoms with Crippen LogP contribution in [-0.4, -0.2) is 38.2 Å². The fraction of sp³-hybridized carbons (Fsp3) is 0.462. The van der Waals surface area contributed by atoms with Gasteiger partial charge in [0.05, 0.1) is 31.0 Å². The van der Waals surface area contributed by atoms with Crippen molar-refractivity contribution in [3.05, 3.63) is 17.2 Å². The van der Waals surface area contributed by atoms with Gasteiger partial charge in [0.2, 0.25) is 5.91 Å². The average Bonchev–Trinajstić information content (AvgIpc) is 2.45. The summed E-state index contributed by atoms with van der Waals surface area (Å²) in [6, 6.07) is 2.63. The minimum atomic E-state index is -0.563. The minimum Gasteiger partial charge on any atom is -0.493 e. The molecular weight excluding hydrogens is 300 g/mol. The summed E-state index contributed by atoms with van der Waals surface area (Å²) in [7, 11) is 3.03. The topological polar surface area (TPSA) is 73.6 Å². The summed E-state index contributed by atoms with van der Waals surface area (Å²) in [4.78, 5) is 11.9. The minimum absolute atomic E-state index is 0.270. The van der Waals surface area contributed by atoms with Crippen molar-refractivity contribution in [2.75, 3.05) is 31.5 Å². The number of ether oxygens (including phenoxy) is 2. The molecule has 0 fully saturated rings. The maximum atomic E-state index is 11.9. The van der Waals surface area contributed by atoms with E-state index >= 15 is 0 Å². The third-order valence-corrected chi connectivity index (χ3v) is 3.66. The molecule has 0 saturated heterocycles. The molecule has 0 aliphatic heterocycles. The van der Waals surface area contributed by atoms with Gasteiger partial charge in [0, 0.05) is 12.1 Å². The number of thioether (sulfide) groups is 1. The lowest BCUT2D eigenvalue weighted by atomic mass is 10.2. The molecular formula is C13H19ClN2O3S. The van der Waals surface area contributed by atoms with Gasteiger partial charge in [-0.25, -0.2) is 0 Å². The highest BCUT2D eigenvalue weighted by molar-refractivity contribution is 7.98. The fourth-order valence-electron chi connectivity index (χ4n) is 1.55. The molecule has 3 N–H and O–H groups in total. The lowest BCUT2D eigenvalue weighted by Crippen LogP contribution is -2.36. The molecule has 112 valence electrons. The first-order chi connectivity index (χ1) is 9.53. The van der Waals surface area contributed by atoms with Gasteiger partial charge in [-0.05, 0) is 18.4 Å². The Morgan fingerprint density at radius 1 is 1.40 bits per heavy atom. The number of amides is 1. The first-order valence-electron chi connectivity index (χ1n) is 6.00. The molecule has 1 amide bonds. The van der Waals surface area contributed by atoms with Gasteiger partial charge in [-0.2, -0.15) is 11.8 Å². The van der Waals surface area contributed by atoms with E-state index in [0.717, 1.165) is 5.75 Å². The number of hydrogen-bond donors (Lipinski definition) is 2. The second-order valence-corrected chi connectivity index (χ2v) is 5.46. The van der Waals surface area contributed by atoms with Crippen LogP contribution in [0.25, 0.3) is 0 Å². The predicted molar refractivity (Wildman–Crippen MR) is 84.2 cm³/mol. The van der Waals surface area contributed by atoms with E-state index in [-0.39, 0.29) is 5.91 Å². The van der Waals surface area contributed by atoms with Crippen LogP contribution >= 0.6 is 23.4 Å². The van der Waals surface area contributed by atoms with Crippen molar-refractivity contribution in [3.63, 3.8) is 0 Å². The number of methoxy groups -OCH3 is 2. The molecule has 5 nitrogen and oxygen atoms in total. The number of carbonyl (C=O) groups is 1. The largest absolute Gasteiger partial charge is 0.493 e. The molecule has 0 aliphatic carbocycles. The van der Waals surface area contributed by atoms with Crippen molar-refractivity contribution < 1.29 is 14.3 Å². The molecule has 7 heteroatoms. The number of nitrogens with one attached hydrogen (secondary N) is 1. The average molecular weight is 319 g/mol. The third-order valence-electron chi connectivity index (χ3n) is 2.70. The lowest BCUT2D eigenvalue weighted by molar-refractivity contribution is -0.117. The zero-order valence-electron chi connectivity index (χ0n) is 11.7. The van der Waals surface area contributed by atoms with Gasteiger partial charge < -0.3 is 20.5 Å². The van der Waals surface area contributed by atoms with Gasteiger partial charge >= 0.3 is 0 Å². The lowest BCUT2D eigenvalue weighted by Gasteiger charge is -2.15. The first kappa shape index (κ1) is 16.9. The molecule has 0 spiro atoms. The van der Waals surface area contributed by atoms with E-state index in [2.05, 4.69) is 5.32 Å². The van der Waals surface area contributed by atoms with Crippen molar-refractivity contribution in [2.24, 2.45) is 5.73 Å². The van der Waals surface area contributed by atoms with E-state index in [0.29, 0.717) is 28.6 Å². The SMILES string of the molecule is COc1cc(Cl)c(NC(=O)[C@@H](N)CCSC)cc1OC. The smallest absolute Gasteiger partial charge is 0.241 e. The van der Waals surface area contributed by atoms with E-state index in [1.807, 2.05) is 6.26 Å². The Balaban J connectivity index is 2.84. The molecule has 0 heterocycles. The maximum Gasteiger partial charge on any atom is 0.241 e. The highest BCUT2D eigenvalue weighted by Gasteiger charge is 2.16. The summed E-state index contributed by atoms with van der Waals surface area (Å²) in [5, 5.41) is 3.07. The van der Waals surface area contributed by atoms with Crippen LogP contribution < -0.4 is 20.5 Å². The molecule has 1 rings (SSSR count). The molecule has 1 atom stereocenters. The number of halogens is 1. The van der Waals surface area contributed by atoms with Crippen LogP contribution in [-0.2, 0) is 4.79 Å². The van der Waals surface area contributed by atoms with Crippen molar-refractivity contribution in [3.8, 4) is 11.5 Å². The van der Waals surface area contributed by atoms with E-state index in [1.165, 1.54) is 14.2 Å². The highest BCUT2D eigenvalue weighted by atomic mass is 35.5. The number of nitrogens with two attached hydrogens (primary N) is 1. The molecule has 0 radical (unpaired) electrons. The number of hydrogen-bond acceptors (Lipinski definition) is 5. The number of anilines is 1. The number of rotatable bonds is 7. The summed E-state index contributed by atoms with van der Waals surface area (Å²) in [5.74, 6) is 1.55. The first-order valence-corrected chi connectivity index (χ1v) is 7.77. The van der Waals surface area contributed by atoms with Crippen molar-refractivity contribution in [1.82, 2.24) is 0 Å². The summed E-state index contributed by atoms with van der Waals surface area (Å²) in [5.41, 5.74) is 6.26. The Kier molecular flexibility index (Phi) is 6.98. The Morgan fingerprint density at radius 3 is 2.55 bits per heavy atom. The van der Waals surface area contributed by atoms with Gasteiger partial charge in [0.1, 0.15) is 0 Å². The van der Waals surface area contributed by atoms with Gasteiger partial charge in [0.15, 0.2) is 11.5 Å². The van der Waals surface area contributed by atoms with Crippen molar-refractivity contribution >= 4 is 35.0 Å². The molecule has 20 heavy (non-hydrogen) atoms. The quantitative estimate of drug-likeness (QED) is 0.807. The Bertz CT molecular complexity index is 471. The van der Waals surface area contributed by atoms with Crippen LogP contribution in [0.5, 0.6) is 11.5 Å². The molecule has 0 unspecified atom stereocenters. The van der Waals surface area contributed by atoms with Gasteiger partial charge in [0.25, 0.3) is 0 Å². The van der Waals surface area contributed by atoms with Crippen molar-refractivity contribution in [2.45, 2.75) is 12.5 Å². The highest BCUT2D eigenvalue weighted by Crippen LogP contribution is 2.36. The molecule has 0 saturated carbocycles. The molecule has 0 bridgehead atoms. The van der Waals surface area contributed by atoms with Crippen LogP contribution in [0.2, 0.25) is 5.02 Å². The van der Waals surface area contributed by atoms with Gasteiger partial charge in [-0.3, -0.25) is 4.79 Å². The van der Waals surface area contributed by atoms with Gasteiger partial charge in [-0.15, -0.1) is 0 Å². The fourth-order valence-corrected chi connectivity index (χ4v) is 2.24. The normalized spacial score (nSPS) is 11.8. The summed E-state index contributed by atoms with van der Waals surface area (Å²) < 4.78 is 10.3. The molecule has 1 aromatic carbocycles. The Hall–Kier alpha value is -1.11. The Labute approximate surface area is 128 Å². The zero-order valence-corrected chi connectivity index (χ0v) is 13.3. The number of carbonyl (C=O) groups excluding carboxylic acids is 1. The molecule has 1 aromatic rings. The predicted octanol–water partition coefficient (Wildman–Crippen LogP) is 2.38. The van der Waals surface area contributed by atoms with Crippen LogP contribution in [0.15, 0.2) is 12.1 Å². The number of benzene rings is 1. The summed E-state index contributed by atoms with van der Waals surface area (Å²) in [6.45, 7) is 0. The second-order valence-electron chi connectivity index (χ2n) is 4.06. The van der Waals surface area contributed by atoms with Crippen LogP contribution in [0, 0.1) is 0 Å². The summed E-state index contributed by atoms with van der Waals surface area (Å²) in [6.07, 6.45) is 2.58. The van der Waals surface area contributed by atoms with E-state index < -0.39 is 6.04 Å². The zero-order chi connectivity index (χ0) is 15.1. The van der Waals surface area contributed by atoms with E-state index in [1.54, 1.807) is 23.9 Å². The second kappa shape index (κ2) is 8.24. The van der Waals surface area contributed by atoms with Crippen LogP contribution in [0.3, 0.4) is 0 Å². The maximum absolute atomic E-state index is 11.9. The monoisotopic (exact) mass is 318 g/mol. The standard InChI is InChI=1S/C13H19ClN2O3S/c1-18-11-6-8(14)10(7-12(11)19-2)16-13(17)9(15)4-5-20-3/h6-7,9H,4-5,15H2,1-3H3,(H,16,17)/t9-/m0/s1. The van der Waals surface area contributed by atoms with E-state index in [4.69, 9.17) is 26.8 Å². The van der Waals surface area contributed by atoms with Crippen LogP contribution in [0.4, 0.5) is 5.69 Å². The summed E-state index contributed by atoms with van der Waals surface area (Å²) >= 11 is 7.74. The van der Waals surface area contributed by atoms with Crippen molar-refractivity contribution in [1.29, 1.82) is 0 Å². The molecule has 0 aliphatic rings. The Morgan fingerprint density at radius 2 is 2.00 bits per heavy atom. The van der Waals surface area contributed by atoms with Gasteiger partial charge in [-0.1, -0.05) is 11.6 Å².